The lowest BCUT2D eigenvalue weighted by Gasteiger charge is -2.34. The van der Waals surface area contributed by atoms with Crippen molar-refractivity contribution in [2.45, 2.75) is 45.2 Å². The van der Waals surface area contributed by atoms with E-state index in [1.54, 1.807) is 39.0 Å². The smallest absolute Gasteiger partial charge is 0.330 e. The number of aromatic nitrogens is 2. The number of allylic oxidation sites excluding steroid dienone is 3. The van der Waals surface area contributed by atoms with Gasteiger partial charge in [0.05, 0.1) is 5.56 Å². The van der Waals surface area contributed by atoms with Crippen LogP contribution in [0.3, 0.4) is 0 Å². The Balaban J connectivity index is 2.48. The molecule has 0 fully saturated rings. The summed E-state index contributed by atoms with van der Waals surface area (Å²) in [5, 5.41) is 2.57. The normalized spacial score (nSPS) is 19.7. The highest BCUT2D eigenvalue weighted by Crippen LogP contribution is 2.35. The number of anilines is 1. The molecule has 0 radical (unpaired) electrons. The highest BCUT2D eigenvalue weighted by molar-refractivity contribution is 5.51. The number of nitrogens with one attached hydrogen (secondary N) is 2. The average Bonchev–Trinajstić information content (AvgIpc) is 2.47. The summed E-state index contributed by atoms with van der Waals surface area (Å²) >= 11 is 0. The minimum Gasteiger partial charge on any atom is -0.359 e. The first-order chi connectivity index (χ1) is 11.2. The maximum atomic E-state index is 14.5. The first-order valence-corrected chi connectivity index (χ1v) is 7.69. The Kier molecular flexibility index (Phi) is 4.91. The SMILES string of the molecule is C=C(/C=C\C=C/C)[C@@H]1Nc2[nH]c(=O)n(C(C)C)c(=O)c2CC1(F)F. The van der Waals surface area contributed by atoms with Crippen molar-refractivity contribution >= 4 is 5.82 Å². The van der Waals surface area contributed by atoms with Gasteiger partial charge >= 0.3 is 5.69 Å². The molecule has 0 aromatic carbocycles. The Labute approximate surface area is 138 Å². The van der Waals surface area contributed by atoms with Crippen LogP contribution in [0.5, 0.6) is 0 Å². The van der Waals surface area contributed by atoms with Crippen LogP contribution in [0, 0.1) is 0 Å². The second kappa shape index (κ2) is 6.59. The minimum absolute atomic E-state index is 0.0402. The van der Waals surface area contributed by atoms with Crippen LogP contribution in [-0.2, 0) is 6.42 Å². The summed E-state index contributed by atoms with van der Waals surface area (Å²) in [4.78, 5) is 26.9. The van der Waals surface area contributed by atoms with Gasteiger partial charge in [0.2, 0.25) is 0 Å². The molecule has 2 rings (SSSR count). The molecule has 130 valence electrons. The maximum Gasteiger partial charge on any atom is 0.330 e. The van der Waals surface area contributed by atoms with Gasteiger partial charge in [-0.2, -0.15) is 0 Å². The molecule has 5 nitrogen and oxygen atoms in total. The van der Waals surface area contributed by atoms with E-state index < -0.39 is 35.7 Å². The van der Waals surface area contributed by atoms with Crippen molar-refractivity contribution in [1.82, 2.24) is 9.55 Å². The number of fused-ring (bicyclic) bond motifs is 1. The van der Waals surface area contributed by atoms with Crippen molar-refractivity contribution in [3.8, 4) is 0 Å². The lowest BCUT2D eigenvalue weighted by Crippen LogP contribution is -2.51. The summed E-state index contributed by atoms with van der Waals surface area (Å²) < 4.78 is 30.0. The molecule has 1 aliphatic heterocycles. The number of alkyl halides is 2. The zero-order valence-electron chi connectivity index (χ0n) is 13.9. The van der Waals surface area contributed by atoms with E-state index in [1.807, 2.05) is 0 Å². The summed E-state index contributed by atoms with van der Waals surface area (Å²) in [5.41, 5.74) is -1.27. The fourth-order valence-corrected chi connectivity index (χ4v) is 2.68. The lowest BCUT2D eigenvalue weighted by molar-refractivity contribution is -0.0112. The van der Waals surface area contributed by atoms with E-state index >= 15 is 0 Å². The fraction of sp³-hybridized carbons (Fsp3) is 0.412. The van der Waals surface area contributed by atoms with E-state index in [9.17, 15) is 18.4 Å². The largest absolute Gasteiger partial charge is 0.359 e. The van der Waals surface area contributed by atoms with E-state index in [0.29, 0.717) is 0 Å². The van der Waals surface area contributed by atoms with Crippen LogP contribution >= 0.6 is 0 Å². The predicted molar refractivity (Wildman–Crippen MR) is 90.9 cm³/mol. The quantitative estimate of drug-likeness (QED) is 0.830. The van der Waals surface area contributed by atoms with Gasteiger partial charge in [-0.1, -0.05) is 30.9 Å². The Morgan fingerprint density at radius 3 is 2.62 bits per heavy atom. The Morgan fingerprint density at radius 2 is 2.04 bits per heavy atom. The van der Waals surface area contributed by atoms with Crippen LogP contribution in [0.2, 0.25) is 0 Å². The molecule has 1 atom stereocenters. The van der Waals surface area contributed by atoms with Crippen LogP contribution in [0.15, 0.2) is 46.0 Å². The Bertz CT molecular complexity index is 816. The summed E-state index contributed by atoms with van der Waals surface area (Å²) in [6.45, 7) is 8.77. The van der Waals surface area contributed by atoms with Crippen LogP contribution in [0.25, 0.3) is 0 Å². The van der Waals surface area contributed by atoms with Gasteiger partial charge in [0.15, 0.2) is 0 Å². The van der Waals surface area contributed by atoms with Crippen molar-refractivity contribution in [3.63, 3.8) is 0 Å². The monoisotopic (exact) mass is 337 g/mol. The van der Waals surface area contributed by atoms with Crippen molar-refractivity contribution in [3.05, 3.63) is 62.9 Å². The molecule has 1 aromatic heterocycles. The van der Waals surface area contributed by atoms with Gasteiger partial charge in [-0.25, -0.2) is 13.6 Å². The van der Waals surface area contributed by atoms with Gasteiger partial charge in [0, 0.05) is 12.5 Å². The van der Waals surface area contributed by atoms with E-state index in [2.05, 4.69) is 16.9 Å². The van der Waals surface area contributed by atoms with Gasteiger partial charge < -0.3 is 5.32 Å². The van der Waals surface area contributed by atoms with Crippen LogP contribution < -0.4 is 16.6 Å². The number of rotatable bonds is 4. The summed E-state index contributed by atoms with van der Waals surface area (Å²) in [5.74, 6) is -3.16. The molecule has 0 amide bonds. The molecule has 0 bridgehead atoms. The predicted octanol–water partition coefficient (Wildman–Crippen LogP) is 2.78. The molecule has 0 spiro atoms. The van der Waals surface area contributed by atoms with Crippen molar-refractivity contribution < 1.29 is 8.78 Å². The molecular formula is C17H21F2N3O2. The molecule has 1 aromatic rings. The van der Waals surface area contributed by atoms with Crippen LogP contribution in [0.1, 0.15) is 32.4 Å². The number of nitrogens with zero attached hydrogens (tertiary/aromatic N) is 1. The van der Waals surface area contributed by atoms with Crippen molar-refractivity contribution in [1.29, 1.82) is 0 Å². The van der Waals surface area contributed by atoms with Gasteiger partial charge in [-0.3, -0.25) is 14.3 Å². The molecule has 0 saturated heterocycles. The lowest BCUT2D eigenvalue weighted by atomic mass is 9.92. The molecule has 1 aliphatic rings. The third kappa shape index (κ3) is 3.25. The van der Waals surface area contributed by atoms with E-state index in [0.717, 1.165) is 4.57 Å². The van der Waals surface area contributed by atoms with Crippen molar-refractivity contribution in [2.75, 3.05) is 5.32 Å². The zero-order chi connectivity index (χ0) is 18.1. The van der Waals surface area contributed by atoms with Gasteiger partial charge in [-0.05, 0) is 26.3 Å². The second-order valence-corrected chi connectivity index (χ2v) is 6.03. The molecule has 2 heterocycles. The average molecular weight is 337 g/mol. The van der Waals surface area contributed by atoms with Gasteiger partial charge in [-0.15, -0.1) is 0 Å². The number of hydrogen-bond donors (Lipinski definition) is 2. The molecule has 0 saturated carbocycles. The number of hydrogen-bond acceptors (Lipinski definition) is 3. The summed E-state index contributed by atoms with van der Waals surface area (Å²) in [6, 6.07) is -1.81. The Morgan fingerprint density at radius 1 is 1.38 bits per heavy atom. The van der Waals surface area contributed by atoms with Gasteiger partial charge in [0.1, 0.15) is 11.9 Å². The fourth-order valence-electron chi connectivity index (χ4n) is 2.68. The Hall–Kier alpha value is -2.44. The second-order valence-electron chi connectivity index (χ2n) is 6.03. The topological polar surface area (TPSA) is 66.9 Å². The van der Waals surface area contributed by atoms with Gasteiger partial charge in [0.25, 0.3) is 11.5 Å². The summed E-state index contributed by atoms with van der Waals surface area (Å²) in [6.07, 6.45) is 5.79. The van der Waals surface area contributed by atoms with E-state index in [1.165, 1.54) is 6.08 Å². The first-order valence-electron chi connectivity index (χ1n) is 7.69. The first kappa shape index (κ1) is 17.9. The van der Waals surface area contributed by atoms with Crippen LogP contribution in [0.4, 0.5) is 14.6 Å². The summed E-state index contributed by atoms with van der Waals surface area (Å²) in [7, 11) is 0. The number of H-pyrrole nitrogens is 1. The number of aromatic amines is 1. The van der Waals surface area contributed by atoms with E-state index in [4.69, 9.17) is 0 Å². The van der Waals surface area contributed by atoms with Crippen LogP contribution in [-0.4, -0.2) is 21.5 Å². The molecule has 24 heavy (non-hydrogen) atoms. The highest BCUT2D eigenvalue weighted by atomic mass is 19.3. The van der Waals surface area contributed by atoms with Crippen molar-refractivity contribution in [2.24, 2.45) is 0 Å². The molecule has 2 N–H and O–H groups in total. The van der Waals surface area contributed by atoms with E-state index in [-0.39, 0.29) is 17.0 Å². The highest BCUT2D eigenvalue weighted by Gasteiger charge is 2.46. The third-order valence-electron chi connectivity index (χ3n) is 3.85. The molecule has 0 aliphatic carbocycles. The third-order valence-corrected chi connectivity index (χ3v) is 3.85. The standard InChI is InChI=1S/C17H21F2N3O2/c1-5-6-7-8-11(4)13-17(18,19)9-12-14(20-13)21-16(24)22(10(2)3)15(12)23/h5-8,10,13,20H,4,9H2,1-3H3,(H,21,24)/b6-5-,8-7-/t13-/m0/s1. The molecular weight excluding hydrogens is 316 g/mol. The minimum atomic E-state index is -3.20. The zero-order valence-corrected chi connectivity index (χ0v) is 13.9. The number of halogens is 2. The molecule has 7 heteroatoms. The molecule has 0 unspecified atom stereocenters. The maximum absolute atomic E-state index is 14.5.